The van der Waals surface area contributed by atoms with Gasteiger partial charge in [0.2, 0.25) is 0 Å². The molecule has 0 N–H and O–H groups in total. The zero-order valence-electron chi connectivity index (χ0n) is 20.4. The van der Waals surface area contributed by atoms with Gasteiger partial charge in [0.25, 0.3) is 0 Å². The van der Waals surface area contributed by atoms with Gasteiger partial charge in [-0.15, -0.1) is 0 Å². The minimum Gasteiger partial charge on any atom is -0.317 e. The maximum atomic E-state index is 4.96. The third-order valence-electron chi connectivity index (χ3n) is 7.33. The van der Waals surface area contributed by atoms with Crippen molar-refractivity contribution < 1.29 is 0 Å². The molecule has 0 spiro atoms. The maximum Gasteiger partial charge on any atom is 0.163 e. The van der Waals surface area contributed by atoms with Crippen LogP contribution in [0.1, 0.15) is 0 Å². The molecule has 8 rings (SSSR count). The number of rotatable bonds is 3. The molecule has 4 aromatic heterocycles. The van der Waals surface area contributed by atoms with Crippen LogP contribution >= 0.6 is 0 Å². The van der Waals surface area contributed by atoms with E-state index in [-0.39, 0.29) is 0 Å². The van der Waals surface area contributed by atoms with Crippen LogP contribution in [0.5, 0.6) is 0 Å². The molecule has 4 aromatic carbocycles. The van der Waals surface area contributed by atoms with Crippen LogP contribution < -0.4 is 0 Å². The number of nitrogens with zero attached hydrogens (tertiary/aromatic N) is 5. The first-order valence-corrected chi connectivity index (χ1v) is 12.6. The van der Waals surface area contributed by atoms with Crippen LogP contribution in [-0.2, 0) is 0 Å². The third kappa shape index (κ3) is 3.02. The van der Waals surface area contributed by atoms with Crippen molar-refractivity contribution in [2.75, 3.05) is 0 Å². The van der Waals surface area contributed by atoms with Gasteiger partial charge in [-0.1, -0.05) is 48.5 Å². The fourth-order valence-corrected chi connectivity index (χ4v) is 5.67. The van der Waals surface area contributed by atoms with E-state index in [0.717, 1.165) is 28.1 Å². The molecule has 5 nitrogen and oxygen atoms in total. The SMILES string of the molecule is c1ccc(-n2ccc3c4ccc5c(c4ccc32)c2ccccc2n5-c2ccnc(-c3cccnc3)n2)cc1. The van der Waals surface area contributed by atoms with E-state index in [2.05, 4.69) is 110 Å². The lowest BCUT2D eigenvalue weighted by atomic mass is 10.0. The van der Waals surface area contributed by atoms with Crippen LogP contribution in [0.3, 0.4) is 0 Å². The lowest BCUT2D eigenvalue weighted by Gasteiger charge is -2.10. The van der Waals surface area contributed by atoms with Crippen molar-refractivity contribution in [3.05, 3.63) is 128 Å². The lowest BCUT2D eigenvalue weighted by molar-refractivity contribution is 1.04. The van der Waals surface area contributed by atoms with Crippen molar-refractivity contribution in [3.8, 4) is 22.9 Å². The van der Waals surface area contributed by atoms with E-state index in [0.29, 0.717) is 5.82 Å². The molecule has 0 saturated heterocycles. The predicted molar refractivity (Wildman–Crippen MR) is 154 cm³/mol. The molecule has 4 heterocycles. The first kappa shape index (κ1) is 20.9. The Kier molecular flexibility index (Phi) is 4.45. The zero-order chi connectivity index (χ0) is 25.1. The molecular formula is C33H21N5. The summed E-state index contributed by atoms with van der Waals surface area (Å²) in [6.45, 7) is 0. The molecule has 0 atom stereocenters. The molecule has 0 aliphatic rings. The van der Waals surface area contributed by atoms with Crippen molar-refractivity contribution in [1.82, 2.24) is 24.1 Å². The first-order chi connectivity index (χ1) is 18.9. The van der Waals surface area contributed by atoms with Gasteiger partial charge in [0, 0.05) is 52.2 Å². The summed E-state index contributed by atoms with van der Waals surface area (Å²) in [4.78, 5) is 13.7. The number of hydrogen-bond donors (Lipinski definition) is 0. The first-order valence-electron chi connectivity index (χ1n) is 12.6. The number of fused-ring (bicyclic) bond motifs is 7. The largest absolute Gasteiger partial charge is 0.317 e. The Morgan fingerprint density at radius 3 is 2.29 bits per heavy atom. The third-order valence-corrected chi connectivity index (χ3v) is 7.33. The Balaban J connectivity index is 1.41. The van der Waals surface area contributed by atoms with Crippen molar-refractivity contribution in [3.63, 3.8) is 0 Å². The van der Waals surface area contributed by atoms with Crippen molar-refractivity contribution >= 4 is 43.5 Å². The molecule has 0 radical (unpaired) electrons. The van der Waals surface area contributed by atoms with Gasteiger partial charge in [-0.25, -0.2) is 9.97 Å². The molecule has 0 aliphatic heterocycles. The van der Waals surface area contributed by atoms with Gasteiger partial charge in [0.15, 0.2) is 5.82 Å². The van der Waals surface area contributed by atoms with Gasteiger partial charge in [-0.05, 0) is 65.4 Å². The molecule has 38 heavy (non-hydrogen) atoms. The highest BCUT2D eigenvalue weighted by atomic mass is 15.1. The van der Waals surface area contributed by atoms with Crippen molar-refractivity contribution in [1.29, 1.82) is 0 Å². The van der Waals surface area contributed by atoms with Crippen LogP contribution in [0.4, 0.5) is 0 Å². The van der Waals surface area contributed by atoms with Gasteiger partial charge in [-0.2, -0.15) is 0 Å². The molecule has 0 amide bonds. The number of para-hydroxylation sites is 2. The number of benzene rings is 4. The number of hydrogen-bond acceptors (Lipinski definition) is 3. The summed E-state index contributed by atoms with van der Waals surface area (Å²) in [7, 11) is 0. The van der Waals surface area contributed by atoms with E-state index in [1.807, 2.05) is 24.4 Å². The lowest BCUT2D eigenvalue weighted by Crippen LogP contribution is -2.00. The Labute approximate surface area is 218 Å². The minimum atomic E-state index is 0.659. The minimum absolute atomic E-state index is 0.659. The number of aromatic nitrogens is 5. The Bertz CT molecular complexity index is 2120. The topological polar surface area (TPSA) is 48.5 Å². The zero-order valence-corrected chi connectivity index (χ0v) is 20.4. The van der Waals surface area contributed by atoms with E-state index in [1.54, 1.807) is 12.4 Å². The second kappa shape index (κ2) is 8.11. The molecular weight excluding hydrogens is 466 g/mol. The average molecular weight is 488 g/mol. The summed E-state index contributed by atoms with van der Waals surface area (Å²) in [6.07, 6.45) is 7.54. The summed E-state index contributed by atoms with van der Waals surface area (Å²) in [5.41, 5.74) is 5.49. The monoisotopic (exact) mass is 487 g/mol. The molecule has 0 aliphatic carbocycles. The Hall–Kier alpha value is -5.29. The maximum absolute atomic E-state index is 4.96. The fraction of sp³-hybridized carbons (Fsp3) is 0. The van der Waals surface area contributed by atoms with Crippen molar-refractivity contribution in [2.24, 2.45) is 0 Å². The molecule has 0 fully saturated rings. The quantitative estimate of drug-likeness (QED) is 0.256. The highest BCUT2D eigenvalue weighted by Gasteiger charge is 2.17. The van der Waals surface area contributed by atoms with E-state index >= 15 is 0 Å². The van der Waals surface area contributed by atoms with Crippen LogP contribution in [0, 0.1) is 0 Å². The molecule has 5 heteroatoms. The summed E-state index contributed by atoms with van der Waals surface area (Å²) in [5, 5.41) is 6.15. The van der Waals surface area contributed by atoms with E-state index in [9.17, 15) is 0 Å². The normalized spacial score (nSPS) is 11.7. The fourth-order valence-electron chi connectivity index (χ4n) is 5.67. The van der Waals surface area contributed by atoms with E-state index < -0.39 is 0 Å². The summed E-state index contributed by atoms with van der Waals surface area (Å²) >= 11 is 0. The van der Waals surface area contributed by atoms with E-state index in [1.165, 1.54) is 32.4 Å². The predicted octanol–water partition coefficient (Wildman–Crippen LogP) is 7.73. The number of pyridine rings is 1. The highest BCUT2D eigenvalue weighted by Crippen LogP contribution is 2.39. The van der Waals surface area contributed by atoms with Gasteiger partial charge in [-0.3, -0.25) is 9.55 Å². The standard InChI is InChI=1S/C33H21N5/c1-2-8-23(9-3-1)37-20-17-25-24-12-15-30-32(26(24)13-14-28(25)37)27-10-4-5-11-29(27)38(30)31-16-19-35-33(36-31)22-7-6-18-34-21-22/h1-21H. The van der Waals surface area contributed by atoms with Gasteiger partial charge < -0.3 is 4.57 Å². The van der Waals surface area contributed by atoms with E-state index in [4.69, 9.17) is 4.98 Å². The van der Waals surface area contributed by atoms with Crippen molar-refractivity contribution in [2.45, 2.75) is 0 Å². The highest BCUT2D eigenvalue weighted by molar-refractivity contribution is 6.25. The average Bonchev–Trinajstić information content (AvgIpc) is 3.58. The second-order valence-electron chi connectivity index (χ2n) is 9.41. The molecule has 8 aromatic rings. The summed E-state index contributed by atoms with van der Waals surface area (Å²) < 4.78 is 4.49. The van der Waals surface area contributed by atoms with Crippen LogP contribution in [0.25, 0.3) is 66.4 Å². The molecule has 0 bridgehead atoms. The van der Waals surface area contributed by atoms with Gasteiger partial charge >= 0.3 is 0 Å². The molecule has 0 saturated carbocycles. The van der Waals surface area contributed by atoms with Gasteiger partial charge in [0.1, 0.15) is 5.82 Å². The summed E-state index contributed by atoms with van der Waals surface area (Å²) in [5.74, 6) is 1.49. The smallest absolute Gasteiger partial charge is 0.163 e. The molecule has 178 valence electrons. The Morgan fingerprint density at radius 1 is 0.553 bits per heavy atom. The summed E-state index contributed by atoms with van der Waals surface area (Å²) in [6, 6.07) is 36.1. The second-order valence-corrected chi connectivity index (χ2v) is 9.41. The van der Waals surface area contributed by atoms with Crippen LogP contribution in [-0.4, -0.2) is 24.1 Å². The van der Waals surface area contributed by atoms with Gasteiger partial charge in [0.05, 0.1) is 16.6 Å². The molecule has 0 unspecified atom stereocenters. The van der Waals surface area contributed by atoms with Crippen LogP contribution in [0.15, 0.2) is 128 Å². The Morgan fingerprint density at radius 2 is 1.39 bits per heavy atom. The van der Waals surface area contributed by atoms with Crippen LogP contribution in [0.2, 0.25) is 0 Å².